The van der Waals surface area contributed by atoms with Crippen LogP contribution in [0.25, 0.3) is 0 Å². The minimum Gasteiger partial charge on any atom is -0.356 e. The molecule has 1 N–H and O–H groups in total. The lowest BCUT2D eigenvalue weighted by Crippen LogP contribution is -2.28. The zero-order valence-corrected chi connectivity index (χ0v) is 10.7. The summed E-state index contributed by atoms with van der Waals surface area (Å²) in [4.78, 5) is 11.6. The fourth-order valence-electron chi connectivity index (χ4n) is 1.79. The van der Waals surface area contributed by atoms with Crippen molar-refractivity contribution in [3.05, 3.63) is 12.4 Å². The molecule has 0 atom stereocenters. The summed E-state index contributed by atoms with van der Waals surface area (Å²) in [5.41, 5.74) is 0.207. The first kappa shape index (κ1) is 12.4. The Bertz CT molecular complexity index is 362. The average molecular weight is 254 g/mol. The minimum atomic E-state index is 0.148. The van der Waals surface area contributed by atoms with Gasteiger partial charge in [0.1, 0.15) is 0 Å². The average Bonchev–Trinajstić information content (AvgIpc) is 2.90. The Kier molecular flexibility index (Phi) is 4.04. The molecule has 0 aliphatic heterocycles. The molecule has 1 aliphatic carbocycles. The highest BCUT2D eigenvalue weighted by molar-refractivity contribution is 7.80. The van der Waals surface area contributed by atoms with E-state index in [9.17, 15) is 4.79 Å². The van der Waals surface area contributed by atoms with Crippen LogP contribution in [0.4, 0.5) is 0 Å². The summed E-state index contributed by atoms with van der Waals surface area (Å²) in [7, 11) is 0. The minimum absolute atomic E-state index is 0.148. The van der Waals surface area contributed by atoms with Gasteiger partial charge in [-0.1, -0.05) is 5.21 Å². The number of aryl methyl sites for hydroxylation is 1. The maximum Gasteiger partial charge on any atom is 0.220 e. The van der Waals surface area contributed by atoms with Crippen LogP contribution in [0.5, 0.6) is 0 Å². The fourth-order valence-corrected chi connectivity index (χ4v) is 2.22. The number of rotatable bonds is 7. The lowest BCUT2D eigenvalue weighted by atomic mass is 10.1. The van der Waals surface area contributed by atoms with Crippen molar-refractivity contribution < 1.29 is 4.79 Å². The van der Waals surface area contributed by atoms with Crippen molar-refractivity contribution in [1.29, 1.82) is 0 Å². The summed E-state index contributed by atoms with van der Waals surface area (Å²) in [5.74, 6) is 0.967. The SMILES string of the molecule is O=C(CC1(CS)CC1)NCCCn1ccnn1. The third-order valence-corrected chi connectivity index (χ3v) is 3.86. The number of hydrogen-bond donors (Lipinski definition) is 2. The van der Waals surface area contributed by atoms with E-state index in [0.29, 0.717) is 13.0 Å². The summed E-state index contributed by atoms with van der Waals surface area (Å²) in [6.07, 6.45) is 7.26. The maximum atomic E-state index is 11.6. The first-order chi connectivity index (χ1) is 8.24. The molecule has 1 aliphatic rings. The maximum absolute atomic E-state index is 11.6. The summed E-state index contributed by atoms with van der Waals surface area (Å²) in [5, 5.41) is 10.5. The van der Waals surface area contributed by atoms with Crippen molar-refractivity contribution in [2.45, 2.75) is 32.2 Å². The van der Waals surface area contributed by atoms with Gasteiger partial charge in [0.05, 0.1) is 6.20 Å². The second-order valence-electron chi connectivity index (χ2n) is 4.70. The molecule has 0 radical (unpaired) electrons. The monoisotopic (exact) mass is 254 g/mol. The predicted molar refractivity (Wildman–Crippen MR) is 67.8 cm³/mol. The molecule has 94 valence electrons. The molecule has 17 heavy (non-hydrogen) atoms. The van der Waals surface area contributed by atoms with Crippen molar-refractivity contribution in [3.8, 4) is 0 Å². The van der Waals surface area contributed by atoms with Gasteiger partial charge in [-0.2, -0.15) is 12.6 Å². The molecule has 6 heteroatoms. The summed E-state index contributed by atoms with van der Waals surface area (Å²) in [6.45, 7) is 1.49. The Morgan fingerprint density at radius 2 is 2.35 bits per heavy atom. The van der Waals surface area contributed by atoms with Gasteiger partial charge in [-0.05, 0) is 30.4 Å². The van der Waals surface area contributed by atoms with Gasteiger partial charge < -0.3 is 5.32 Å². The van der Waals surface area contributed by atoms with Crippen LogP contribution >= 0.6 is 12.6 Å². The zero-order valence-electron chi connectivity index (χ0n) is 9.80. The van der Waals surface area contributed by atoms with Crippen LogP contribution in [0.2, 0.25) is 0 Å². The number of carbonyl (C=O) groups is 1. The molecule has 0 spiro atoms. The molecule has 1 aromatic rings. The smallest absolute Gasteiger partial charge is 0.220 e. The van der Waals surface area contributed by atoms with Gasteiger partial charge in [-0.15, -0.1) is 5.10 Å². The lowest BCUT2D eigenvalue weighted by molar-refractivity contribution is -0.122. The van der Waals surface area contributed by atoms with Gasteiger partial charge in [-0.25, -0.2) is 0 Å². The van der Waals surface area contributed by atoms with E-state index in [1.165, 1.54) is 0 Å². The number of nitrogens with zero attached hydrogens (tertiary/aromatic N) is 3. The molecular weight excluding hydrogens is 236 g/mol. The second kappa shape index (κ2) is 5.53. The van der Waals surface area contributed by atoms with Crippen LogP contribution in [0, 0.1) is 5.41 Å². The molecule has 0 bridgehead atoms. The van der Waals surface area contributed by atoms with Crippen molar-refractivity contribution in [2.75, 3.05) is 12.3 Å². The van der Waals surface area contributed by atoms with Crippen LogP contribution in [0.1, 0.15) is 25.7 Å². The molecule has 0 aromatic carbocycles. The van der Waals surface area contributed by atoms with E-state index < -0.39 is 0 Å². The predicted octanol–water partition coefficient (Wildman–Crippen LogP) is 0.884. The van der Waals surface area contributed by atoms with Gasteiger partial charge in [0.2, 0.25) is 5.91 Å². The second-order valence-corrected chi connectivity index (χ2v) is 5.02. The van der Waals surface area contributed by atoms with E-state index in [-0.39, 0.29) is 11.3 Å². The molecule has 1 aromatic heterocycles. The quantitative estimate of drug-likeness (QED) is 0.561. The largest absolute Gasteiger partial charge is 0.356 e. The molecule has 0 saturated heterocycles. The number of nitrogens with one attached hydrogen (secondary N) is 1. The van der Waals surface area contributed by atoms with E-state index in [1.54, 1.807) is 10.9 Å². The normalized spacial score (nSPS) is 16.8. The van der Waals surface area contributed by atoms with Crippen LogP contribution in [0.15, 0.2) is 12.4 Å². The van der Waals surface area contributed by atoms with Crippen molar-refractivity contribution >= 4 is 18.5 Å². The van der Waals surface area contributed by atoms with Crippen LogP contribution < -0.4 is 5.32 Å². The fraction of sp³-hybridized carbons (Fsp3) is 0.727. The number of thiol groups is 1. The Morgan fingerprint density at radius 1 is 1.53 bits per heavy atom. The molecule has 1 saturated carbocycles. The van der Waals surface area contributed by atoms with Crippen LogP contribution in [-0.4, -0.2) is 33.2 Å². The first-order valence-corrected chi connectivity index (χ1v) is 6.59. The van der Waals surface area contributed by atoms with Gasteiger partial charge in [-0.3, -0.25) is 9.48 Å². The molecule has 1 amide bonds. The Morgan fingerprint density at radius 3 is 2.94 bits per heavy atom. The number of hydrogen-bond acceptors (Lipinski definition) is 4. The Labute approximate surface area is 106 Å². The van der Waals surface area contributed by atoms with Gasteiger partial charge in [0, 0.05) is 25.7 Å². The Hall–Kier alpha value is -1.04. The van der Waals surface area contributed by atoms with Crippen molar-refractivity contribution in [2.24, 2.45) is 5.41 Å². The van der Waals surface area contributed by atoms with Crippen LogP contribution in [-0.2, 0) is 11.3 Å². The standard InChI is InChI=1S/C11H18N4OS/c16-10(8-11(9-17)2-3-11)12-4-1-6-15-7-5-13-14-15/h5,7,17H,1-4,6,8-9H2,(H,12,16). The summed E-state index contributed by atoms with van der Waals surface area (Å²) in [6, 6.07) is 0. The van der Waals surface area contributed by atoms with E-state index in [4.69, 9.17) is 0 Å². The highest BCUT2D eigenvalue weighted by Gasteiger charge is 2.42. The Balaban J connectivity index is 1.57. The number of aromatic nitrogens is 3. The topological polar surface area (TPSA) is 59.8 Å². The third-order valence-electron chi connectivity index (χ3n) is 3.19. The molecule has 5 nitrogen and oxygen atoms in total. The van der Waals surface area contributed by atoms with E-state index >= 15 is 0 Å². The van der Waals surface area contributed by atoms with Crippen molar-refractivity contribution in [1.82, 2.24) is 20.3 Å². The third kappa shape index (κ3) is 3.73. The molecular formula is C11H18N4OS. The molecule has 0 unspecified atom stereocenters. The van der Waals surface area contributed by atoms with Gasteiger partial charge in [0.15, 0.2) is 0 Å². The highest BCUT2D eigenvalue weighted by atomic mass is 32.1. The van der Waals surface area contributed by atoms with Gasteiger partial charge >= 0.3 is 0 Å². The number of amides is 1. The molecule has 1 fully saturated rings. The van der Waals surface area contributed by atoms with Crippen LogP contribution in [0.3, 0.4) is 0 Å². The van der Waals surface area contributed by atoms with Crippen molar-refractivity contribution in [3.63, 3.8) is 0 Å². The molecule has 1 heterocycles. The molecule has 2 rings (SSSR count). The zero-order chi connectivity index (χ0) is 12.1. The van der Waals surface area contributed by atoms with E-state index in [0.717, 1.165) is 31.6 Å². The van der Waals surface area contributed by atoms with E-state index in [2.05, 4.69) is 28.3 Å². The lowest BCUT2D eigenvalue weighted by Gasteiger charge is -2.11. The van der Waals surface area contributed by atoms with Gasteiger partial charge in [0.25, 0.3) is 0 Å². The summed E-state index contributed by atoms with van der Waals surface area (Å²) >= 11 is 4.29. The number of carbonyl (C=O) groups excluding carboxylic acids is 1. The highest BCUT2D eigenvalue weighted by Crippen LogP contribution is 2.49. The van der Waals surface area contributed by atoms with E-state index in [1.807, 2.05) is 6.20 Å². The first-order valence-electron chi connectivity index (χ1n) is 5.96. The summed E-state index contributed by atoms with van der Waals surface area (Å²) < 4.78 is 1.77.